The zero-order valence-electron chi connectivity index (χ0n) is 13.7. The fraction of sp³-hybridized carbons (Fsp3) is 0.556. The molecule has 0 amide bonds. The SMILES string of the molecule is CC1(C)CCC[C@H](Cc2ccc(Cl)cc2)[C@@]1(O)Cn1cncn1. The maximum absolute atomic E-state index is 11.6. The highest BCUT2D eigenvalue weighted by atomic mass is 35.5. The number of rotatable bonds is 4. The second-order valence-corrected chi connectivity index (χ2v) is 7.76. The lowest BCUT2D eigenvalue weighted by atomic mass is 9.59. The van der Waals surface area contributed by atoms with Crippen molar-refractivity contribution in [3.8, 4) is 0 Å². The molecular weight excluding hydrogens is 310 g/mol. The van der Waals surface area contributed by atoms with Crippen molar-refractivity contribution < 1.29 is 5.11 Å². The van der Waals surface area contributed by atoms with E-state index in [1.54, 1.807) is 11.0 Å². The van der Waals surface area contributed by atoms with Gasteiger partial charge in [-0.25, -0.2) is 4.98 Å². The van der Waals surface area contributed by atoms with Crippen molar-refractivity contribution in [1.29, 1.82) is 0 Å². The quantitative estimate of drug-likeness (QED) is 0.927. The molecule has 2 aromatic rings. The molecule has 0 radical (unpaired) electrons. The Morgan fingerprint density at radius 2 is 2.04 bits per heavy atom. The van der Waals surface area contributed by atoms with Gasteiger partial charge in [-0.2, -0.15) is 5.10 Å². The summed E-state index contributed by atoms with van der Waals surface area (Å²) in [7, 11) is 0. The first kappa shape index (κ1) is 16.5. The lowest BCUT2D eigenvalue weighted by molar-refractivity contribution is -0.150. The summed E-state index contributed by atoms with van der Waals surface area (Å²) in [6, 6.07) is 7.95. The van der Waals surface area contributed by atoms with Crippen molar-refractivity contribution in [3.63, 3.8) is 0 Å². The van der Waals surface area contributed by atoms with Crippen LogP contribution in [0.2, 0.25) is 5.02 Å². The summed E-state index contributed by atoms with van der Waals surface area (Å²) in [5.41, 5.74) is 0.251. The number of aliphatic hydroxyl groups is 1. The molecule has 0 unspecified atom stereocenters. The highest BCUT2D eigenvalue weighted by molar-refractivity contribution is 6.30. The average Bonchev–Trinajstić information content (AvgIpc) is 2.99. The van der Waals surface area contributed by atoms with Crippen molar-refractivity contribution in [1.82, 2.24) is 14.8 Å². The summed E-state index contributed by atoms with van der Waals surface area (Å²) in [4.78, 5) is 4.01. The smallest absolute Gasteiger partial charge is 0.137 e. The third kappa shape index (κ3) is 3.29. The second kappa shape index (κ2) is 6.25. The number of halogens is 1. The van der Waals surface area contributed by atoms with Crippen LogP contribution in [0.1, 0.15) is 38.7 Å². The summed E-state index contributed by atoms with van der Waals surface area (Å²) in [6.07, 6.45) is 7.25. The molecular formula is C18H24ClN3O. The summed E-state index contributed by atoms with van der Waals surface area (Å²) in [5, 5.41) is 16.6. The molecule has 1 aliphatic rings. The van der Waals surface area contributed by atoms with E-state index in [0.717, 1.165) is 30.7 Å². The Balaban J connectivity index is 1.87. The summed E-state index contributed by atoms with van der Waals surface area (Å²) in [5.74, 6) is 0.191. The van der Waals surface area contributed by atoms with Gasteiger partial charge in [0.1, 0.15) is 12.7 Å². The molecule has 4 nitrogen and oxygen atoms in total. The number of nitrogens with zero attached hydrogens (tertiary/aromatic N) is 3. The summed E-state index contributed by atoms with van der Waals surface area (Å²) < 4.78 is 1.75. The first-order valence-corrected chi connectivity index (χ1v) is 8.58. The van der Waals surface area contributed by atoms with Gasteiger partial charge in [-0.3, -0.25) is 4.68 Å². The fourth-order valence-corrected chi connectivity index (χ4v) is 4.00. The predicted octanol–water partition coefficient (Wildman–Crippen LogP) is 3.73. The number of benzene rings is 1. The zero-order chi connectivity index (χ0) is 16.5. The van der Waals surface area contributed by atoms with Gasteiger partial charge < -0.3 is 5.11 Å². The standard InChI is InChI=1S/C18H24ClN3O/c1-17(2)9-3-4-15(10-14-5-7-16(19)8-6-14)18(17,23)11-22-13-20-12-21-22/h5-8,12-13,15,23H,3-4,9-11H2,1-2H3/t15-,18+/m1/s1. The zero-order valence-corrected chi connectivity index (χ0v) is 14.5. The van der Waals surface area contributed by atoms with Crippen molar-refractivity contribution in [2.45, 2.75) is 51.7 Å². The van der Waals surface area contributed by atoms with Crippen molar-refractivity contribution in [3.05, 3.63) is 47.5 Å². The van der Waals surface area contributed by atoms with Crippen LogP contribution in [0.3, 0.4) is 0 Å². The Morgan fingerprint density at radius 3 is 2.70 bits per heavy atom. The third-order valence-electron chi connectivity index (χ3n) is 5.47. The van der Waals surface area contributed by atoms with Gasteiger partial charge in [-0.15, -0.1) is 0 Å². The highest BCUT2D eigenvalue weighted by Gasteiger charge is 2.51. The average molecular weight is 334 g/mol. The Kier molecular flexibility index (Phi) is 4.47. The molecule has 2 atom stereocenters. The minimum atomic E-state index is -0.807. The van der Waals surface area contributed by atoms with Crippen molar-refractivity contribution in [2.75, 3.05) is 0 Å². The van der Waals surface area contributed by atoms with Crippen molar-refractivity contribution >= 4 is 11.6 Å². The van der Waals surface area contributed by atoms with Crippen LogP contribution >= 0.6 is 11.6 Å². The molecule has 3 rings (SSSR count). The largest absolute Gasteiger partial charge is 0.387 e. The van der Waals surface area contributed by atoms with E-state index in [0.29, 0.717) is 6.54 Å². The molecule has 1 heterocycles. The van der Waals surface area contributed by atoms with Crippen LogP contribution in [0.4, 0.5) is 0 Å². The maximum Gasteiger partial charge on any atom is 0.137 e. The molecule has 5 heteroatoms. The van der Waals surface area contributed by atoms with Gasteiger partial charge in [0.05, 0.1) is 12.1 Å². The molecule has 0 bridgehead atoms. The van der Waals surface area contributed by atoms with Gasteiger partial charge in [0.15, 0.2) is 0 Å². The van der Waals surface area contributed by atoms with Crippen LogP contribution < -0.4 is 0 Å². The van der Waals surface area contributed by atoms with Crippen LogP contribution in [0.25, 0.3) is 0 Å². The first-order chi connectivity index (χ1) is 10.9. The second-order valence-electron chi connectivity index (χ2n) is 7.32. The lowest BCUT2D eigenvalue weighted by Crippen LogP contribution is -2.56. The van der Waals surface area contributed by atoms with Crippen molar-refractivity contribution in [2.24, 2.45) is 11.3 Å². The van der Waals surface area contributed by atoms with Gasteiger partial charge in [0, 0.05) is 5.02 Å². The molecule has 0 aliphatic heterocycles. The Labute approximate surface area is 142 Å². The molecule has 1 aromatic carbocycles. The van der Waals surface area contributed by atoms with Crippen LogP contribution in [-0.2, 0) is 13.0 Å². The van der Waals surface area contributed by atoms with E-state index in [4.69, 9.17) is 11.6 Å². The van der Waals surface area contributed by atoms with Gasteiger partial charge >= 0.3 is 0 Å². The third-order valence-corrected chi connectivity index (χ3v) is 5.72. The molecule has 0 saturated heterocycles. The van der Waals surface area contributed by atoms with E-state index in [1.807, 2.05) is 12.1 Å². The van der Waals surface area contributed by atoms with E-state index < -0.39 is 5.60 Å². The van der Waals surface area contributed by atoms with E-state index >= 15 is 0 Å². The summed E-state index contributed by atoms with van der Waals surface area (Å²) in [6.45, 7) is 4.81. The molecule has 23 heavy (non-hydrogen) atoms. The molecule has 1 fully saturated rings. The molecule has 124 valence electrons. The maximum atomic E-state index is 11.6. The fourth-order valence-electron chi connectivity index (χ4n) is 3.88. The Hall–Kier alpha value is -1.39. The minimum absolute atomic E-state index is 0.158. The normalized spacial score (nSPS) is 27.0. The summed E-state index contributed by atoms with van der Waals surface area (Å²) >= 11 is 5.98. The van der Waals surface area contributed by atoms with Crippen LogP contribution in [0, 0.1) is 11.3 Å². The van der Waals surface area contributed by atoms with Crippen LogP contribution in [0.15, 0.2) is 36.9 Å². The minimum Gasteiger partial charge on any atom is -0.387 e. The molecule has 1 aliphatic carbocycles. The van der Waals surface area contributed by atoms with Gasteiger partial charge in [0.25, 0.3) is 0 Å². The van der Waals surface area contributed by atoms with E-state index in [-0.39, 0.29) is 11.3 Å². The van der Waals surface area contributed by atoms with Gasteiger partial charge in [0.2, 0.25) is 0 Å². The molecule has 1 aromatic heterocycles. The predicted molar refractivity (Wildman–Crippen MR) is 91.2 cm³/mol. The first-order valence-electron chi connectivity index (χ1n) is 8.20. The number of hydrogen-bond acceptors (Lipinski definition) is 3. The van der Waals surface area contributed by atoms with E-state index in [9.17, 15) is 5.11 Å². The Morgan fingerprint density at radius 1 is 1.30 bits per heavy atom. The van der Waals surface area contributed by atoms with E-state index in [2.05, 4.69) is 36.1 Å². The Bertz CT molecular complexity index is 639. The molecule has 0 spiro atoms. The van der Waals surface area contributed by atoms with Crippen LogP contribution in [0.5, 0.6) is 0 Å². The highest BCUT2D eigenvalue weighted by Crippen LogP contribution is 2.49. The van der Waals surface area contributed by atoms with Crippen LogP contribution in [-0.4, -0.2) is 25.5 Å². The monoisotopic (exact) mass is 333 g/mol. The topological polar surface area (TPSA) is 50.9 Å². The lowest BCUT2D eigenvalue weighted by Gasteiger charge is -2.51. The molecule has 1 saturated carbocycles. The molecule has 1 N–H and O–H groups in total. The number of aromatic nitrogens is 3. The van der Waals surface area contributed by atoms with Gasteiger partial charge in [-0.05, 0) is 48.3 Å². The van der Waals surface area contributed by atoms with E-state index in [1.165, 1.54) is 11.9 Å². The van der Waals surface area contributed by atoms with Gasteiger partial charge in [-0.1, -0.05) is 44.0 Å². The number of hydrogen-bond donors (Lipinski definition) is 1.